The number of carbonyl (C=O) groups excluding carboxylic acids is 1. The predicted octanol–water partition coefficient (Wildman–Crippen LogP) is 4.35. The van der Waals surface area contributed by atoms with Gasteiger partial charge in [0.15, 0.2) is 0 Å². The van der Waals surface area contributed by atoms with Gasteiger partial charge in [0.1, 0.15) is 5.60 Å². The highest BCUT2D eigenvalue weighted by molar-refractivity contribution is 6.31. The largest absolute Gasteiger partial charge is 0.444 e. The third kappa shape index (κ3) is 6.04. The number of ether oxygens (including phenoxy) is 1. The lowest BCUT2D eigenvalue weighted by atomic mass is 10.1. The molecule has 0 atom stereocenters. The fourth-order valence-electron chi connectivity index (χ4n) is 2.26. The summed E-state index contributed by atoms with van der Waals surface area (Å²) in [6.45, 7) is 9.49. The molecule has 1 aromatic carbocycles. The van der Waals surface area contributed by atoms with Crippen LogP contribution in [0.15, 0.2) is 18.2 Å². The normalized spacial score (nSPS) is 14.7. The number of amides is 1. The Labute approximate surface area is 144 Å². The van der Waals surface area contributed by atoms with Gasteiger partial charge in [0, 0.05) is 30.7 Å². The van der Waals surface area contributed by atoms with Gasteiger partial charge in [-0.3, -0.25) is 0 Å². The number of carbonyl (C=O) groups is 1. The standard InChI is InChI=1S/C18H27ClN2O2/c1-5-21(17(22)23-18(2,3)4)12-13-6-9-16(19)14(10-13)11-20-15-7-8-15/h6,9-10,15,20H,5,7-8,11-12H2,1-4H3. The number of halogens is 1. The maximum atomic E-state index is 12.2. The lowest BCUT2D eigenvalue weighted by molar-refractivity contribution is 0.0244. The van der Waals surface area contributed by atoms with Gasteiger partial charge in [0.25, 0.3) is 0 Å². The lowest BCUT2D eigenvalue weighted by Gasteiger charge is -2.26. The Morgan fingerprint density at radius 3 is 2.65 bits per heavy atom. The first-order valence-electron chi connectivity index (χ1n) is 8.27. The second kappa shape index (κ2) is 7.54. The van der Waals surface area contributed by atoms with E-state index in [1.165, 1.54) is 12.8 Å². The molecule has 1 aliphatic carbocycles. The Hall–Kier alpha value is -1.26. The molecule has 0 aliphatic heterocycles. The van der Waals surface area contributed by atoms with Crippen LogP contribution in [0, 0.1) is 0 Å². The van der Waals surface area contributed by atoms with E-state index >= 15 is 0 Å². The minimum absolute atomic E-state index is 0.285. The fraction of sp³-hybridized carbons (Fsp3) is 0.611. The third-order valence-corrected chi connectivity index (χ3v) is 4.04. The van der Waals surface area contributed by atoms with Crippen LogP contribution >= 0.6 is 11.6 Å². The van der Waals surface area contributed by atoms with Crippen molar-refractivity contribution in [3.63, 3.8) is 0 Å². The topological polar surface area (TPSA) is 41.6 Å². The Bertz CT molecular complexity index is 550. The smallest absolute Gasteiger partial charge is 0.410 e. The molecule has 128 valence electrons. The molecule has 4 nitrogen and oxygen atoms in total. The van der Waals surface area contributed by atoms with Gasteiger partial charge < -0.3 is 15.0 Å². The van der Waals surface area contributed by atoms with Crippen molar-refractivity contribution in [3.05, 3.63) is 34.3 Å². The average Bonchev–Trinajstić information content (AvgIpc) is 3.27. The summed E-state index contributed by atoms with van der Waals surface area (Å²) in [5.74, 6) is 0. The Kier molecular flexibility index (Phi) is 5.93. The minimum Gasteiger partial charge on any atom is -0.444 e. The van der Waals surface area contributed by atoms with Crippen LogP contribution in [0.25, 0.3) is 0 Å². The zero-order chi connectivity index (χ0) is 17.0. The average molecular weight is 339 g/mol. The van der Waals surface area contributed by atoms with Crippen LogP contribution in [0.1, 0.15) is 51.7 Å². The van der Waals surface area contributed by atoms with Gasteiger partial charge in [-0.2, -0.15) is 0 Å². The monoisotopic (exact) mass is 338 g/mol. The number of rotatable bonds is 6. The fourth-order valence-corrected chi connectivity index (χ4v) is 2.44. The van der Waals surface area contributed by atoms with Gasteiger partial charge in [0.05, 0.1) is 0 Å². The second-order valence-corrected chi connectivity index (χ2v) is 7.48. The van der Waals surface area contributed by atoms with E-state index in [1.807, 2.05) is 39.8 Å². The number of hydrogen-bond acceptors (Lipinski definition) is 3. The van der Waals surface area contributed by atoms with Crippen molar-refractivity contribution < 1.29 is 9.53 Å². The van der Waals surface area contributed by atoms with Crippen LogP contribution < -0.4 is 5.32 Å². The van der Waals surface area contributed by atoms with Gasteiger partial charge in [-0.05, 0) is 57.7 Å². The molecule has 23 heavy (non-hydrogen) atoms. The zero-order valence-electron chi connectivity index (χ0n) is 14.5. The molecule has 1 aromatic rings. The van der Waals surface area contributed by atoms with Crippen LogP contribution in [0.3, 0.4) is 0 Å². The van der Waals surface area contributed by atoms with Crippen molar-refractivity contribution >= 4 is 17.7 Å². The summed E-state index contributed by atoms with van der Waals surface area (Å²) in [7, 11) is 0. The molecule has 2 rings (SSSR count). The molecule has 0 aromatic heterocycles. The van der Waals surface area contributed by atoms with Crippen molar-refractivity contribution in [2.24, 2.45) is 0 Å². The van der Waals surface area contributed by atoms with E-state index < -0.39 is 5.60 Å². The molecular weight excluding hydrogens is 312 g/mol. The molecule has 1 saturated carbocycles. The van der Waals surface area contributed by atoms with Crippen molar-refractivity contribution in [1.29, 1.82) is 0 Å². The SMILES string of the molecule is CCN(Cc1ccc(Cl)c(CNC2CC2)c1)C(=O)OC(C)(C)C. The molecule has 0 spiro atoms. The first-order chi connectivity index (χ1) is 10.8. The van der Waals surface area contributed by atoms with E-state index in [2.05, 4.69) is 11.4 Å². The number of benzene rings is 1. The van der Waals surface area contributed by atoms with E-state index in [9.17, 15) is 4.79 Å². The van der Waals surface area contributed by atoms with Gasteiger partial charge in [-0.15, -0.1) is 0 Å². The number of nitrogens with zero attached hydrogens (tertiary/aromatic N) is 1. The Balaban J connectivity index is 2.01. The van der Waals surface area contributed by atoms with Crippen molar-refractivity contribution in [2.45, 2.75) is 65.3 Å². The van der Waals surface area contributed by atoms with Gasteiger partial charge in [-0.1, -0.05) is 23.7 Å². The minimum atomic E-state index is -0.482. The highest BCUT2D eigenvalue weighted by atomic mass is 35.5. The first-order valence-corrected chi connectivity index (χ1v) is 8.65. The molecule has 1 fully saturated rings. The zero-order valence-corrected chi connectivity index (χ0v) is 15.2. The predicted molar refractivity (Wildman–Crippen MR) is 93.6 cm³/mol. The van der Waals surface area contributed by atoms with E-state index in [-0.39, 0.29) is 6.09 Å². The first kappa shape index (κ1) is 18.1. The van der Waals surface area contributed by atoms with E-state index in [4.69, 9.17) is 16.3 Å². The van der Waals surface area contributed by atoms with Crippen LogP contribution in [-0.2, 0) is 17.8 Å². The molecule has 0 bridgehead atoms. The van der Waals surface area contributed by atoms with Gasteiger partial charge >= 0.3 is 6.09 Å². The molecule has 5 heteroatoms. The molecule has 1 amide bonds. The summed E-state index contributed by atoms with van der Waals surface area (Å²) >= 11 is 6.27. The van der Waals surface area contributed by atoms with Crippen LogP contribution in [-0.4, -0.2) is 29.2 Å². The lowest BCUT2D eigenvalue weighted by Crippen LogP contribution is -2.36. The maximum absolute atomic E-state index is 12.2. The number of hydrogen-bond donors (Lipinski definition) is 1. The molecule has 1 aliphatic rings. The summed E-state index contributed by atoms with van der Waals surface area (Å²) in [4.78, 5) is 13.9. The number of nitrogens with one attached hydrogen (secondary N) is 1. The molecule has 1 N–H and O–H groups in total. The summed E-state index contributed by atoms with van der Waals surface area (Å²) in [5, 5.41) is 4.24. The Morgan fingerprint density at radius 2 is 2.09 bits per heavy atom. The molecular formula is C18H27ClN2O2. The molecule has 0 saturated heterocycles. The van der Waals surface area contributed by atoms with Gasteiger partial charge in [-0.25, -0.2) is 4.79 Å². The van der Waals surface area contributed by atoms with Crippen molar-refractivity contribution in [1.82, 2.24) is 10.2 Å². The third-order valence-electron chi connectivity index (χ3n) is 3.68. The molecule has 0 heterocycles. The Morgan fingerprint density at radius 1 is 1.39 bits per heavy atom. The van der Waals surface area contributed by atoms with Crippen LogP contribution in [0.4, 0.5) is 4.79 Å². The summed E-state index contributed by atoms with van der Waals surface area (Å²) in [5.41, 5.74) is 1.66. The molecule has 0 unspecified atom stereocenters. The summed E-state index contributed by atoms with van der Waals surface area (Å²) in [6, 6.07) is 6.59. The summed E-state index contributed by atoms with van der Waals surface area (Å²) in [6.07, 6.45) is 2.21. The maximum Gasteiger partial charge on any atom is 0.410 e. The van der Waals surface area contributed by atoms with Crippen molar-refractivity contribution in [3.8, 4) is 0 Å². The quantitative estimate of drug-likeness (QED) is 0.838. The van der Waals surface area contributed by atoms with Crippen molar-refractivity contribution in [2.75, 3.05) is 6.54 Å². The second-order valence-electron chi connectivity index (χ2n) is 7.08. The summed E-state index contributed by atoms with van der Waals surface area (Å²) < 4.78 is 5.45. The van der Waals surface area contributed by atoms with E-state index in [1.54, 1.807) is 4.90 Å². The van der Waals surface area contributed by atoms with Gasteiger partial charge in [0.2, 0.25) is 0 Å². The van der Waals surface area contributed by atoms with E-state index in [0.29, 0.717) is 19.1 Å². The van der Waals surface area contributed by atoms with E-state index in [0.717, 1.165) is 22.7 Å². The molecule has 0 radical (unpaired) electrons. The van der Waals surface area contributed by atoms with Crippen LogP contribution in [0.5, 0.6) is 0 Å². The highest BCUT2D eigenvalue weighted by Gasteiger charge is 2.22. The highest BCUT2D eigenvalue weighted by Crippen LogP contribution is 2.23. The van der Waals surface area contributed by atoms with Crippen LogP contribution in [0.2, 0.25) is 5.02 Å².